The Balaban J connectivity index is 2.24. The molecule has 0 atom stereocenters. The number of nitrogens with zero attached hydrogens (tertiary/aromatic N) is 3. The zero-order chi connectivity index (χ0) is 19.3. The maximum absolute atomic E-state index is 12.7. The molecular formula is C20H30N4O2. The molecule has 6 heteroatoms. The van der Waals surface area contributed by atoms with Crippen LogP contribution in [0.3, 0.4) is 0 Å². The summed E-state index contributed by atoms with van der Waals surface area (Å²) >= 11 is 0. The molecule has 0 saturated carbocycles. The van der Waals surface area contributed by atoms with E-state index in [1.807, 2.05) is 19.1 Å². The van der Waals surface area contributed by atoms with Crippen molar-refractivity contribution in [1.29, 1.82) is 0 Å². The third-order valence-corrected chi connectivity index (χ3v) is 4.50. The Labute approximate surface area is 155 Å². The van der Waals surface area contributed by atoms with Crippen molar-refractivity contribution < 1.29 is 4.79 Å². The molecule has 0 saturated heterocycles. The van der Waals surface area contributed by atoms with Crippen LogP contribution in [0.2, 0.25) is 0 Å². The van der Waals surface area contributed by atoms with Gasteiger partial charge < -0.3 is 5.32 Å². The van der Waals surface area contributed by atoms with Crippen LogP contribution in [0.4, 0.5) is 0 Å². The lowest BCUT2D eigenvalue weighted by molar-refractivity contribution is 0.0934. The van der Waals surface area contributed by atoms with Gasteiger partial charge in [0.1, 0.15) is 0 Å². The number of carbonyl (C=O) groups excluding carboxylic acids is 1. The number of rotatable bonds is 8. The number of aryl methyl sites for hydroxylation is 1. The Hall–Kier alpha value is -2.21. The molecule has 1 heterocycles. The normalized spacial score (nSPS) is 11.7. The third-order valence-electron chi connectivity index (χ3n) is 4.50. The summed E-state index contributed by atoms with van der Waals surface area (Å²) in [6.07, 6.45) is 0.782. The molecule has 2 aromatic rings. The molecule has 1 N–H and O–H groups in total. The number of hydrogen-bond donors (Lipinski definition) is 1. The summed E-state index contributed by atoms with van der Waals surface area (Å²) in [6.45, 7) is 12.4. The average Bonchev–Trinajstić information content (AvgIpc) is 2.60. The van der Waals surface area contributed by atoms with Crippen molar-refractivity contribution in [3.63, 3.8) is 0 Å². The summed E-state index contributed by atoms with van der Waals surface area (Å²) in [5.74, 6) is -0.237. The van der Waals surface area contributed by atoms with Gasteiger partial charge in [0.2, 0.25) is 0 Å². The summed E-state index contributed by atoms with van der Waals surface area (Å²) < 4.78 is 1.39. The largest absolute Gasteiger partial charge is 0.349 e. The minimum absolute atomic E-state index is 0.148. The van der Waals surface area contributed by atoms with Gasteiger partial charge in [0.05, 0.1) is 5.39 Å². The lowest BCUT2D eigenvalue weighted by Gasteiger charge is -2.30. The second-order valence-corrected chi connectivity index (χ2v) is 7.10. The van der Waals surface area contributed by atoms with Gasteiger partial charge in [-0.15, -0.1) is 0 Å². The molecule has 0 aliphatic heterocycles. The van der Waals surface area contributed by atoms with Gasteiger partial charge in [0.15, 0.2) is 5.69 Å². The number of nitrogens with one attached hydrogen (secondary N) is 1. The molecule has 0 radical (unpaired) electrons. The van der Waals surface area contributed by atoms with Crippen molar-refractivity contribution in [1.82, 2.24) is 20.0 Å². The molecule has 0 unspecified atom stereocenters. The monoisotopic (exact) mass is 358 g/mol. The van der Waals surface area contributed by atoms with E-state index >= 15 is 0 Å². The minimum atomic E-state index is -0.237. The molecule has 6 nitrogen and oxygen atoms in total. The van der Waals surface area contributed by atoms with Gasteiger partial charge >= 0.3 is 0 Å². The van der Waals surface area contributed by atoms with E-state index in [1.165, 1.54) is 4.68 Å². The molecule has 0 aliphatic rings. The van der Waals surface area contributed by atoms with Gasteiger partial charge in [-0.2, -0.15) is 5.10 Å². The third kappa shape index (κ3) is 4.49. The first-order valence-corrected chi connectivity index (χ1v) is 9.40. The Bertz CT molecular complexity index is 803. The second-order valence-electron chi connectivity index (χ2n) is 7.10. The lowest BCUT2D eigenvalue weighted by Crippen LogP contribution is -2.42. The molecular weight excluding hydrogens is 328 g/mol. The molecule has 1 aromatic heterocycles. The summed E-state index contributed by atoms with van der Waals surface area (Å²) in [7, 11) is 0. The van der Waals surface area contributed by atoms with Crippen molar-refractivity contribution in [3.05, 3.63) is 40.3 Å². The molecule has 0 fully saturated rings. The van der Waals surface area contributed by atoms with Crippen LogP contribution >= 0.6 is 0 Å². The highest BCUT2D eigenvalue weighted by molar-refractivity contribution is 6.04. The number of aromatic nitrogens is 2. The van der Waals surface area contributed by atoms with Crippen LogP contribution in [0.25, 0.3) is 10.8 Å². The second kappa shape index (κ2) is 8.94. The number of amides is 1. The smallest absolute Gasteiger partial charge is 0.274 e. The topological polar surface area (TPSA) is 67.2 Å². The van der Waals surface area contributed by atoms with Gasteiger partial charge in [0, 0.05) is 37.1 Å². The molecule has 0 aliphatic carbocycles. The molecule has 2 rings (SSSR count). The lowest BCUT2D eigenvalue weighted by atomic mass is 10.1. The highest BCUT2D eigenvalue weighted by Gasteiger charge is 2.17. The van der Waals surface area contributed by atoms with Crippen LogP contribution in [-0.2, 0) is 6.54 Å². The van der Waals surface area contributed by atoms with E-state index < -0.39 is 0 Å². The number of fused-ring (bicyclic) bond motifs is 1. The molecule has 26 heavy (non-hydrogen) atoms. The van der Waals surface area contributed by atoms with Crippen molar-refractivity contribution in [2.75, 3.05) is 13.1 Å². The van der Waals surface area contributed by atoms with Crippen LogP contribution in [0, 0.1) is 0 Å². The Kier molecular flexibility index (Phi) is 6.91. The first kappa shape index (κ1) is 20.1. The van der Waals surface area contributed by atoms with Crippen LogP contribution in [0.15, 0.2) is 29.1 Å². The predicted octanol–water partition coefficient (Wildman–Crippen LogP) is 2.66. The fraction of sp³-hybridized carbons (Fsp3) is 0.550. The van der Waals surface area contributed by atoms with Crippen molar-refractivity contribution >= 4 is 16.7 Å². The van der Waals surface area contributed by atoms with Crippen molar-refractivity contribution in [3.8, 4) is 0 Å². The quantitative estimate of drug-likeness (QED) is 0.788. The first-order chi connectivity index (χ1) is 12.4. The standard InChI is InChI=1S/C20H30N4O2/c1-6-12-24-20(26)17-10-8-7-9-16(17)18(22-24)19(25)21-11-13-23(14(2)3)15(4)5/h7-10,14-15H,6,11-13H2,1-5H3,(H,21,25). The molecule has 0 spiro atoms. The van der Waals surface area contributed by atoms with E-state index in [1.54, 1.807) is 12.1 Å². The van der Waals surface area contributed by atoms with Crippen molar-refractivity contribution in [2.45, 2.75) is 59.7 Å². The van der Waals surface area contributed by atoms with Crippen LogP contribution < -0.4 is 10.9 Å². The van der Waals surface area contributed by atoms with Crippen LogP contribution in [0.1, 0.15) is 51.5 Å². The Morgan fingerprint density at radius 2 is 1.77 bits per heavy atom. The van der Waals surface area contributed by atoms with Crippen molar-refractivity contribution in [2.24, 2.45) is 0 Å². The summed E-state index contributed by atoms with van der Waals surface area (Å²) in [4.78, 5) is 27.6. The summed E-state index contributed by atoms with van der Waals surface area (Å²) in [6, 6.07) is 7.99. The van der Waals surface area contributed by atoms with E-state index in [0.29, 0.717) is 41.6 Å². The van der Waals surface area contributed by atoms with Crippen LogP contribution in [-0.4, -0.2) is 45.8 Å². The number of hydrogen-bond acceptors (Lipinski definition) is 4. The molecule has 0 bridgehead atoms. The van der Waals surface area contributed by atoms with Gasteiger partial charge in [0.25, 0.3) is 11.5 Å². The molecule has 1 aromatic carbocycles. The maximum atomic E-state index is 12.7. The van der Waals surface area contributed by atoms with Gasteiger partial charge in [-0.25, -0.2) is 4.68 Å². The molecule has 142 valence electrons. The highest BCUT2D eigenvalue weighted by Crippen LogP contribution is 2.13. The van der Waals surface area contributed by atoms with Crippen LogP contribution in [0.5, 0.6) is 0 Å². The average molecular weight is 358 g/mol. The SMILES string of the molecule is CCCn1nc(C(=O)NCCN(C(C)C)C(C)C)c2ccccc2c1=O. The van der Waals surface area contributed by atoms with E-state index in [-0.39, 0.29) is 11.5 Å². The highest BCUT2D eigenvalue weighted by atomic mass is 16.2. The van der Waals surface area contributed by atoms with E-state index in [4.69, 9.17) is 0 Å². The van der Waals surface area contributed by atoms with Gasteiger partial charge in [-0.3, -0.25) is 14.5 Å². The predicted molar refractivity (Wildman–Crippen MR) is 106 cm³/mol. The Morgan fingerprint density at radius 3 is 2.35 bits per heavy atom. The zero-order valence-electron chi connectivity index (χ0n) is 16.5. The fourth-order valence-electron chi connectivity index (χ4n) is 3.26. The van der Waals surface area contributed by atoms with E-state index in [0.717, 1.165) is 13.0 Å². The van der Waals surface area contributed by atoms with Gasteiger partial charge in [-0.1, -0.05) is 25.1 Å². The Morgan fingerprint density at radius 1 is 1.15 bits per heavy atom. The number of benzene rings is 1. The fourth-order valence-corrected chi connectivity index (χ4v) is 3.26. The molecule has 1 amide bonds. The first-order valence-electron chi connectivity index (χ1n) is 9.40. The number of carbonyl (C=O) groups is 1. The van der Waals surface area contributed by atoms with E-state index in [9.17, 15) is 9.59 Å². The van der Waals surface area contributed by atoms with E-state index in [2.05, 4.69) is 43.0 Å². The summed E-state index contributed by atoms with van der Waals surface area (Å²) in [5, 5.41) is 8.44. The zero-order valence-corrected chi connectivity index (χ0v) is 16.5. The summed E-state index contributed by atoms with van der Waals surface area (Å²) in [5.41, 5.74) is 0.166. The minimum Gasteiger partial charge on any atom is -0.349 e. The van der Waals surface area contributed by atoms with Gasteiger partial charge in [-0.05, 0) is 40.2 Å². The maximum Gasteiger partial charge on any atom is 0.274 e.